The first-order valence-corrected chi connectivity index (χ1v) is 13.3. The van der Waals surface area contributed by atoms with Crippen molar-refractivity contribution in [3.63, 3.8) is 0 Å². The molecule has 8 heteroatoms. The third kappa shape index (κ3) is 5.81. The van der Waals surface area contributed by atoms with Crippen molar-refractivity contribution in [2.75, 3.05) is 10.8 Å². The van der Waals surface area contributed by atoms with Crippen LogP contribution in [0.4, 0.5) is 5.69 Å². The van der Waals surface area contributed by atoms with Crippen LogP contribution in [-0.2, 0) is 14.8 Å². The van der Waals surface area contributed by atoms with E-state index in [9.17, 15) is 13.2 Å². The van der Waals surface area contributed by atoms with Crippen LogP contribution in [-0.4, -0.2) is 31.7 Å². The lowest BCUT2D eigenvalue weighted by Crippen LogP contribution is -2.39. The van der Waals surface area contributed by atoms with Gasteiger partial charge in [0.15, 0.2) is 0 Å². The van der Waals surface area contributed by atoms with Crippen molar-refractivity contribution in [2.45, 2.75) is 32.6 Å². The summed E-state index contributed by atoms with van der Waals surface area (Å²) in [5, 5.41) is 4.13. The summed E-state index contributed by atoms with van der Waals surface area (Å²) < 4.78 is 30.1. The molecular formula is C29H30N4O3S. The van der Waals surface area contributed by atoms with Gasteiger partial charge in [-0.05, 0) is 81.3 Å². The number of aryl methyl sites for hydroxylation is 3. The topological polar surface area (TPSA) is 83.8 Å². The van der Waals surface area contributed by atoms with Crippen LogP contribution in [0.5, 0.6) is 0 Å². The van der Waals surface area contributed by atoms with E-state index in [2.05, 4.69) is 21.2 Å². The highest BCUT2D eigenvalue weighted by Crippen LogP contribution is 2.24. The summed E-state index contributed by atoms with van der Waals surface area (Å²) in [5.74, 6) is -0.551. The van der Waals surface area contributed by atoms with Crippen molar-refractivity contribution in [1.82, 2.24) is 9.99 Å². The van der Waals surface area contributed by atoms with Gasteiger partial charge in [0.2, 0.25) is 0 Å². The van der Waals surface area contributed by atoms with E-state index in [1.807, 2.05) is 58.0 Å². The van der Waals surface area contributed by atoms with Crippen LogP contribution in [0, 0.1) is 27.7 Å². The van der Waals surface area contributed by atoms with Crippen LogP contribution >= 0.6 is 0 Å². The highest BCUT2D eigenvalue weighted by Gasteiger charge is 2.27. The summed E-state index contributed by atoms with van der Waals surface area (Å²) in [7, 11) is -3.97. The minimum atomic E-state index is -3.97. The fraction of sp³-hybridized carbons (Fsp3) is 0.172. The van der Waals surface area contributed by atoms with Crippen molar-refractivity contribution in [3.05, 3.63) is 113 Å². The third-order valence-corrected chi connectivity index (χ3v) is 7.82. The van der Waals surface area contributed by atoms with Crippen molar-refractivity contribution in [1.29, 1.82) is 0 Å². The van der Waals surface area contributed by atoms with Gasteiger partial charge >= 0.3 is 0 Å². The smallest absolute Gasteiger partial charge is 0.264 e. The number of carbonyl (C=O) groups is 1. The van der Waals surface area contributed by atoms with E-state index in [-0.39, 0.29) is 4.90 Å². The van der Waals surface area contributed by atoms with Gasteiger partial charge in [-0.15, -0.1) is 0 Å². The monoisotopic (exact) mass is 514 g/mol. The number of nitrogens with one attached hydrogen (secondary N) is 1. The number of amides is 1. The number of benzene rings is 3. The largest absolute Gasteiger partial charge is 0.318 e. The summed E-state index contributed by atoms with van der Waals surface area (Å²) in [6.07, 6.45) is 1.58. The molecule has 190 valence electrons. The molecule has 0 aliphatic carbocycles. The van der Waals surface area contributed by atoms with Crippen molar-refractivity contribution < 1.29 is 13.2 Å². The van der Waals surface area contributed by atoms with E-state index in [0.29, 0.717) is 5.69 Å². The molecule has 1 heterocycles. The number of anilines is 1. The van der Waals surface area contributed by atoms with E-state index in [1.165, 1.54) is 12.1 Å². The van der Waals surface area contributed by atoms with Gasteiger partial charge < -0.3 is 4.57 Å². The summed E-state index contributed by atoms with van der Waals surface area (Å²) >= 11 is 0. The average Bonchev–Trinajstić information content (AvgIpc) is 3.15. The Morgan fingerprint density at radius 3 is 2.24 bits per heavy atom. The highest BCUT2D eigenvalue weighted by atomic mass is 32.2. The predicted octanol–water partition coefficient (Wildman–Crippen LogP) is 5.06. The molecular weight excluding hydrogens is 484 g/mol. The number of carbonyl (C=O) groups excluding carboxylic acids is 1. The lowest BCUT2D eigenvalue weighted by atomic mass is 10.2. The first-order valence-electron chi connectivity index (χ1n) is 11.9. The third-order valence-electron chi connectivity index (χ3n) is 6.03. The van der Waals surface area contributed by atoms with Crippen LogP contribution in [0.25, 0.3) is 5.69 Å². The zero-order valence-electron chi connectivity index (χ0n) is 21.3. The Hall–Kier alpha value is -4.17. The van der Waals surface area contributed by atoms with Gasteiger partial charge in [-0.1, -0.05) is 42.5 Å². The summed E-state index contributed by atoms with van der Waals surface area (Å²) in [4.78, 5) is 13.0. The second kappa shape index (κ2) is 10.8. The molecule has 1 aromatic heterocycles. The number of hydrogen-bond acceptors (Lipinski definition) is 4. The highest BCUT2D eigenvalue weighted by molar-refractivity contribution is 7.92. The van der Waals surface area contributed by atoms with Gasteiger partial charge in [-0.25, -0.2) is 13.8 Å². The Balaban J connectivity index is 1.55. The molecule has 0 aliphatic heterocycles. The first kappa shape index (κ1) is 25.9. The fourth-order valence-electron chi connectivity index (χ4n) is 4.24. The fourth-order valence-corrected chi connectivity index (χ4v) is 5.67. The van der Waals surface area contributed by atoms with Crippen molar-refractivity contribution in [2.24, 2.45) is 5.10 Å². The van der Waals surface area contributed by atoms with Crippen molar-refractivity contribution in [3.8, 4) is 5.69 Å². The number of sulfonamides is 1. The van der Waals surface area contributed by atoms with Crippen LogP contribution in [0.1, 0.15) is 28.1 Å². The number of rotatable bonds is 8. The molecule has 0 spiro atoms. The minimum absolute atomic E-state index is 0.108. The quantitative estimate of drug-likeness (QED) is 0.264. The normalized spacial score (nSPS) is 11.6. The lowest BCUT2D eigenvalue weighted by Gasteiger charge is -2.24. The molecule has 0 bridgehead atoms. The van der Waals surface area contributed by atoms with Gasteiger partial charge in [-0.3, -0.25) is 9.10 Å². The number of hydrazone groups is 1. The van der Waals surface area contributed by atoms with Gasteiger partial charge in [0.1, 0.15) is 6.54 Å². The lowest BCUT2D eigenvalue weighted by molar-refractivity contribution is -0.119. The van der Waals surface area contributed by atoms with Crippen LogP contribution < -0.4 is 9.73 Å². The first-order chi connectivity index (χ1) is 17.7. The number of aromatic nitrogens is 1. The summed E-state index contributed by atoms with van der Waals surface area (Å²) in [6.45, 7) is 7.51. The number of hydrogen-bond donors (Lipinski definition) is 1. The van der Waals surface area contributed by atoms with Gasteiger partial charge in [0.05, 0.1) is 16.8 Å². The molecule has 3 aromatic carbocycles. The standard InChI is InChI=1S/C29H30N4O3S/c1-21-10-8-12-26(16-21)32(37(35,36)28-14-6-5-7-15-28)20-29(34)31-30-19-25-18-23(3)33(24(25)4)27-13-9-11-22(2)17-27/h5-19H,20H2,1-4H3,(H,31,34)/b30-19+. The van der Waals surface area contributed by atoms with E-state index in [1.54, 1.807) is 42.6 Å². The molecule has 37 heavy (non-hydrogen) atoms. The molecule has 7 nitrogen and oxygen atoms in total. The molecule has 4 rings (SSSR count). The zero-order valence-corrected chi connectivity index (χ0v) is 22.2. The molecule has 0 fully saturated rings. The second-order valence-corrected chi connectivity index (χ2v) is 10.8. The SMILES string of the molecule is Cc1cccc(N(CC(=O)N/N=C/c2cc(C)n(-c3cccc(C)c3)c2C)S(=O)(=O)c2ccccc2)c1. The van der Waals surface area contributed by atoms with Crippen molar-refractivity contribution >= 4 is 27.8 Å². The summed E-state index contributed by atoms with van der Waals surface area (Å²) in [6, 6.07) is 25.3. The van der Waals surface area contributed by atoms with Crippen LogP contribution in [0.3, 0.4) is 0 Å². The zero-order chi connectivity index (χ0) is 26.6. The Kier molecular flexibility index (Phi) is 7.59. The van der Waals surface area contributed by atoms with Gasteiger partial charge in [-0.2, -0.15) is 5.10 Å². The predicted molar refractivity (Wildman–Crippen MR) is 148 cm³/mol. The minimum Gasteiger partial charge on any atom is -0.318 e. The second-order valence-electron chi connectivity index (χ2n) is 8.96. The molecule has 0 unspecified atom stereocenters. The molecule has 0 aliphatic rings. The molecule has 1 amide bonds. The molecule has 0 radical (unpaired) electrons. The van der Waals surface area contributed by atoms with Gasteiger partial charge in [0, 0.05) is 22.6 Å². The van der Waals surface area contributed by atoms with Crippen LogP contribution in [0.15, 0.2) is 94.9 Å². The molecule has 0 saturated carbocycles. The molecule has 0 atom stereocenters. The van der Waals surface area contributed by atoms with E-state index < -0.39 is 22.5 Å². The maximum Gasteiger partial charge on any atom is 0.264 e. The Morgan fingerprint density at radius 2 is 1.57 bits per heavy atom. The molecule has 4 aromatic rings. The van der Waals surface area contributed by atoms with Crippen LogP contribution in [0.2, 0.25) is 0 Å². The van der Waals surface area contributed by atoms with Gasteiger partial charge in [0.25, 0.3) is 15.9 Å². The average molecular weight is 515 g/mol. The van der Waals surface area contributed by atoms with E-state index in [4.69, 9.17) is 0 Å². The Bertz CT molecular complexity index is 1560. The Labute approximate surface area is 218 Å². The molecule has 0 saturated heterocycles. The summed E-state index contributed by atoms with van der Waals surface area (Å²) in [5.41, 5.74) is 8.87. The molecule has 1 N–H and O–H groups in total. The maximum absolute atomic E-state index is 13.4. The van der Waals surface area contributed by atoms with E-state index >= 15 is 0 Å². The maximum atomic E-state index is 13.4. The Morgan fingerprint density at radius 1 is 0.892 bits per heavy atom. The van der Waals surface area contributed by atoms with E-state index in [0.717, 1.165) is 38.1 Å². The number of nitrogens with zero attached hydrogens (tertiary/aromatic N) is 3.